The van der Waals surface area contributed by atoms with E-state index in [9.17, 15) is 19.1 Å². The molecule has 1 N–H and O–H groups in total. The van der Waals surface area contributed by atoms with Crippen LogP contribution in [0.1, 0.15) is 42.8 Å². The van der Waals surface area contributed by atoms with Crippen molar-refractivity contribution in [1.29, 1.82) is 0 Å². The van der Waals surface area contributed by atoms with Gasteiger partial charge in [-0.1, -0.05) is 11.6 Å². The molecule has 0 spiro atoms. The van der Waals surface area contributed by atoms with E-state index in [2.05, 4.69) is 10.1 Å². The zero-order valence-corrected chi connectivity index (χ0v) is 15.2. The summed E-state index contributed by atoms with van der Waals surface area (Å²) in [5.74, 6) is -0.134. The number of nitrogens with zero attached hydrogens (tertiary/aromatic N) is 5. The molecule has 0 unspecified atom stereocenters. The first kappa shape index (κ1) is 18.1. The Labute approximate surface area is 159 Å². The van der Waals surface area contributed by atoms with Gasteiger partial charge in [-0.2, -0.15) is 5.10 Å². The summed E-state index contributed by atoms with van der Waals surface area (Å²) in [5, 5.41) is 14.9. The van der Waals surface area contributed by atoms with E-state index in [1.807, 2.05) is 0 Å². The van der Waals surface area contributed by atoms with Gasteiger partial charge in [0.15, 0.2) is 5.82 Å². The summed E-state index contributed by atoms with van der Waals surface area (Å²) in [6, 6.07) is 0.900. The van der Waals surface area contributed by atoms with Crippen molar-refractivity contribution in [3.8, 4) is 0 Å². The molecule has 2 aliphatic heterocycles. The lowest BCUT2D eigenvalue weighted by Crippen LogP contribution is -2.42. The molecule has 0 saturated carbocycles. The average Bonchev–Trinajstić information content (AvgIpc) is 3.20. The highest BCUT2D eigenvalue weighted by Gasteiger charge is 2.38. The maximum atomic E-state index is 13.5. The number of pyridine rings is 1. The van der Waals surface area contributed by atoms with Crippen LogP contribution in [-0.2, 0) is 11.3 Å². The van der Waals surface area contributed by atoms with Gasteiger partial charge < -0.3 is 10.0 Å². The Morgan fingerprint density at radius 3 is 2.85 bits per heavy atom. The van der Waals surface area contributed by atoms with Crippen LogP contribution in [0.3, 0.4) is 0 Å². The Balaban J connectivity index is 1.67. The van der Waals surface area contributed by atoms with Crippen molar-refractivity contribution in [3.63, 3.8) is 0 Å². The van der Waals surface area contributed by atoms with E-state index in [-0.39, 0.29) is 24.8 Å². The number of aliphatic hydroxyl groups excluding tert-OH is 1. The Kier molecular flexibility index (Phi) is 4.73. The van der Waals surface area contributed by atoms with Crippen molar-refractivity contribution >= 4 is 17.5 Å². The highest BCUT2D eigenvalue weighted by Crippen LogP contribution is 2.31. The lowest BCUT2D eigenvalue weighted by molar-refractivity contribution is -0.135. The molecule has 2 aromatic rings. The van der Waals surface area contributed by atoms with E-state index in [1.165, 1.54) is 20.3 Å². The molecule has 144 valence electrons. The number of alkyl halides is 1. The summed E-state index contributed by atoms with van der Waals surface area (Å²) < 4.78 is 15.9. The van der Waals surface area contributed by atoms with E-state index in [1.54, 1.807) is 12.3 Å². The van der Waals surface area contributed by atoms with Gasteiger partial charge >= 0.3 is 5.69 Å². The molecule has 0 aromatic carbocycles. The van der Waals surface area contributed by atoms with Crippen molar-refractivity contribution in [2.45, 2.75) is 44.1 Å². The Morgan fingerprint density at radius 2 is 2.15 bits per heavy atom. The lowest BCUT2D eigenvalue weighted by atomic mass is 10.0. The molecule has 4 rings (SSSR count). The minimum Gasteiger partial charge on any atom is -0.385 e. The first-order chi connectivity index (χ1) is 12.9. The zero-order chi connectivity index (χ0) is 19.1. The van der Waals surface area contributed by atoms with Gasteiger partial charge in [-0.15, -0.1) is 0 Å². The summed E-state index contributed by atoms with van der Waals surface area (Å²) in [5.41, 5.74) is 0.190. The maximum Gasteiger partial charge on any atom is 0.347 e. The lowest BCUT2D eigenvalue weighted by Gasteiger charge is -2.28. The van der Waals surface area contributed by atoms with Crippen LogP contribution < -0.4 is 5.69 Å². The van der Waals surface area contributed by atoms with Gasteiger partial charge in [-0.25, -0.2) is 13.9 Å². The second kappa shape index (κ2) is 7.05. The maximum absolute atomic E-state index is 13.5. The van der Waals surface area contributed by atoms with Gasteiger partial charge in [0.05, 0.1) is 18.1 Å². The smallest absolute Gasteiger partial charge is 0.347 e. The van der Waals surface area contributed by atoms with E-state index in [0.29, 0.717) is 36.4 Å². The Morgan fingerprint density at radius 1 is 1.33 bits per heavy atom. The summed E-state index contributed by atoms with van der Waals surface area (Å²) in [7, 11) is 0. The molecule has 2 aromatic heterocycles. The number of hydrogen-bond donors (Lipinski definition) is 1. The molecule has 27 heavy (non-hydrogen) atoms. The molecule has 0 bridgehead atoms. The molecular formula is C17H19ClFN5O3. The largest absolute Gasteiger partial charge is 0.385 e. The molecule has 1 fully saturated rings. The van der Waals surface area contributed by atoms with Gasteiger partial charge in [-0.05, 0) is 30.9 Å². The number of carbonyl (C=O) groups is 1. The second-order valence-corrected chi connectivity index (χ2v) is 7.40. The number of hydrogen-bond acceptors (Lipinski definition) is 5. The number of likely N-dealkylation sites (tertiary alicyclic amines) is 1. The second-order valence-electron chi connectivity index (χ2n) is 6.96. The standard InChI is InChI=1S/C17H19ClFN5O3/c18-11-5-10(6-20-7-11)8-23-17(27)24-13(1-2-14(25)15(24)21-23)16(26)22-4-3-12(19)9-22/h5-7,12-14,25H,1-4,8-9H2/t12-,13-,14+/m0/s1. The highest BCUT2D eigenvalue weighted by atomic mass is 35.5. The zero-order valence-electron chi connectivity index (χ0n) is 14.5. The number of fused-ring (bicyclic) bond motifs is 1. The summed E-state index contributed by atoms with van der Waals surface area (Å²) >= 11 is 5.93. The molecule has 1 saturated heterocycles. The van der Waals surface area contributed by atoms with Crippen LogP contribution in [0.5, 0.6) is 0 Å². The number of amides is 1. The van der Waals surface area contributed by atoms with E-state index in [4.69, 9.17) is 11.6 Å². The monoisotopic (exact) mass is 395 g/mol. The third-order valence-electron chi connectivity index (χ3n) is 5.04. The number of aliphatic hydroxyl groups is 1. The minimum atomic E-state index is -1.03. The Bertz CT molecular complexity index is 930. The number of aromatic nitrogens is 4. The normalized spacial score (nSPS) is 24.9. The number of rotatable bonds is 3. The molecule has 8 nitrogen and oxygen atoms in total. The van der Waals surface area contributed by atoms with Gasteiger partial charge in [0.2, 0.25) is 5.91 Å². The summed E-state index contributed by atoms with van der Waals surface area (Å²) in [4.78, 5) is 31.2. The third-order valence-corrected chi connectivity index (χ3v) is 5.25. The summed E-state index contributed by atoms with van der Waals surface area (Å²) in [6.07, 6.45) is 2.04. The Hall–Kier alpha value is -2.26. The van der Waals surface area contributed by atoms with E-state index in [0.717, 1.165) is 0 Å². The van der Waals surface area contributed by atoms with Crippen molar-refractivity contribution in [3.05, 3.63) is 45.4 Å². The SMILES string of the molecule is O=C([C@@H]1CC[C@@H](O)c2nn(Cc3cncc(Cl)c3)c(=O)n21)N1CC[C@H](F)C1. The van der Waals surface area contributed by atoms with Crippen molar-refractivity contribution in [1.82, 2.24) is 24.2 Å². The number of carbonyl (C=O) groups excluding carboxylic acids is 1. The van der Waals surface area contributed by atoms with Crippen LogP contribution in [0, 0.1) is 0 Å². The van der Waals surface area contributed by atoms with Gasteiger partial charge in [0.25, 0.3) is 0 Å². The first-order valence-electron chi connectivity index (χ1n) is 8.83. The van der Waals surface area contributed by atoms with E-state index >= 15 is 0 Å². The first-order valence-corrected chi connectivity index (χ1v) is 9.21. The van der Waals surface area contributed by atoms with Gasteiger partial charge in [-0.3, -0.25) is 14.3 Å². The van der Waals surface area contributed by atoms with E-state index < -0.39 is 24.0 Å². The van der Waals surface area contributed by atoms with Crippen LogP contribution in [-0.4, -0.2) is 54.5 Å². The molecular weight excluding hydrogens is 377 g/mol. The molecule has 1 amide bonds. The summed E-state index contributed by atoms with van der Waals surface area (Å²) in [6.45, 7) is 0.506. The van der Waals surface area contributed by atoms with Gasteiger partial charge in [0, 0.05) is 18.9 Å². The average molecular weight is 396 g/mol. The fourth-order valence-corrected chi connectivity index (χ4v) is 3.91. The number of halogens is 2. The minimum absolute atomic E-state index is 0.0459. The highest BCUT2D eigenvalue weighted by molar-refractivity contribution is 6.30. The fraction of sp³-hybridized carbons (Fsp3) is 0.529. The van der Waals surface area contributed by atoms with Crippen LogP contribution in [0.2, 0.25) is 5.02 Å². The van der Waals surface area contributed by atoms with Crippen LogP contribution >= 0.6 is 11.6 Å². The molecule has 0 radical (unpaired) electrons. The van der Waals surface area contributed by atoms with Crippen LogP contribution in [0.25, 0.3) is 0 Å². The topological polar surface area (TPSA) is 93.2 Å². The molecule has 4 heterocycles. The quantitative estimate of drug-likeness (QED) is 0.839. The molecule has 2 aliphatic rings. The third kappa shape index (κ3) is 3.37. The van der Waals surface area contributed by atoms with Gasteiger partial charge in [0.1, 0.15) is 18.3 Å². The van der Waals surface area contributed by atoms with Crippen LogP contribution in [0.4, 0.5) is 4.39 Å². The predicted molar refractivity (Wildman–Crippen MR) is 94.2 cm³/mol. The molecule has 10 heteroatoms. The van der Waals surface area contributed by atoms with Crippen molar-refractivity contribution < 1.29 is 14.3 Å². The molecule has 3 atom stereocenters. The van der Waals surface area contributed by atoms with Crippen molar-refractivity contribution in [2.75, 3.05) is 13.1 Å². The fourth-order valence-electron chi connectivity index (χ4n) is 3.71. The van der Waals surface area contributed by atoms with Crippen LogP contribution in [0.15, 0.2) is 23.3 Å². The molecule has 0 aliphatic carbocycles. The van der Waals surface area contributed by atoms with Crippen molar-refractivity contribution in [2.24, 2.45) is 0 Å². The predicted octanol–water partition coefficient (Wildman–Crippen LogP) is 1.08.